The van der Waals surface area contributed by atoms with Crippen LogP contribution in [-0.4, -0.2) is 40.5 Å². The summed E-state index contributed by atoms with van der Waals surface area (Å²) >= 11 is -1.31. The van der Waals surface area contributed by atoms with Gasteiger partial charge in [0.25, 0.3) is 0 Å². The molecule has 0 N–H and O–H groups in total. The molecule has 0 amide bonds. The third-order valence-electron chi connectivity index (χ3n) is 3.64. The highest BCUT2D eigenvalue weighted by atomic mass is 32.2. The average Bonchev–Trinajstić information content (AvgIpc) is 3.01. The molecule has 0 saturated heterocycles. The highest BCUT2D eigenvalue weighted by molar-refractivity contribution is 7.92. The van der Waals surface area contributed by atoms with Crippen LogP contribution in [0.15, 0.2) is 36.0 Å². The molecule has 0 fully saturated rings. The Morgan fingerprint density at radius 2 is 2.26 bits per heavy atom. The zero-order chi connectivity index (χ0) is 16.8. The Labute approximate surface area is 139 Å². The van der Waals surface area contributed by atoms with Gasteiger partial charge in [-0.1, -0.05) is 42.1 Å². The van der Waals surface area contributed by atoms with Crippen LogP contribution in [0.25, 0.3) is 6.08 Å². The summed E-state index contributed by atoms with van der Waals surface area (Å²) in [4.78, 5) is 17.3. The molecule has 1 aliphatic heterocycles. The first-order chi connectivity index (χ1) is 11.0. The maximum Gasteiger partial charge on any atom is 0.359 e. The van der Waals surface area contributed by atoms with Crippen molar-refractivity contribution in [3.63, 3.8) is 0 Å². The molecular weight excluding hydrogens is 314 g/mol. The van der Waals surface area contributed by atoms with Crippen LogP contribution in [0.2, 0.25) is 0 Å². The number of oxime groups is 1. The van der Waals surface area contributed by atoms with E-state index in [1.54, 1.807) is 13.0 Å². The summed E-state index contributed by atoms with van der Waals surface area (Å²) in [7, 11) is 0. The maximum atomic E-state index is 11.9. The van der Waals surface area contributed by atoms with Crippen molar-refractivity contribution in [3.8, 4) is 0 Å². The van der Waals surface area contributed by atoms with Gasteiger partial charge in [0.15, 0.2) is 0 Å². The first-order valence-corrected chi connectivity index (χ1v) is 9.11. The first kappa shape index (κ1) is 17.6. The molecule has 0 aromatic heterocycles. The number of hydrogen-bond donors (Lipinski definition) is 0. The van der Waals surface area contributed by atoms with Crippen LogP contribution >= 0.6 is 0 Å². The summed E-state index contributed by atoms with van der Waals surface area (Å²) < 4.78 is 16.8. The molecule has 3 unspecified atom stereocenters. The van der Waals surface area contributed by atoms with Crippen LogP contribution in [0.5, 0.6) is 0 Å². The van der Waals surface area contributed by atoms with Crippen molar-refractivity contribution >= 4 is 28.9 Å². The highest BCUT2D eigenvalue weighted by Gasteiger charge is 2.35. The lowest BCUT2D eigenvalue weighted by molar-refractivity contribution is -0.143. The first-order valence-electron chi connectivity index (χ1n) is 7.49. The number of rotatable bonds is 7. The van der Waals surface area contributed by atoms with Gasteiger partial charge in [0, 0.05) is 12.8 Å². The van der Waals surface area contributed by atoms with E-state index in [2.05, 4.69) is 11.7 Å². The number of ether oxygens (including phenoxy) is 1. The van der Waals surface area contributed by atoms with E-state index in [0.29, 0.717) is 12.8 Å². The Morgan fingerprint density at radius 1 is 1.57 bits per heavy atom. The topological polar surface area (TPSA) is 71.0 Å². The second kappa shape index (κ2) is 8.17. The maximum absolute atomic E-state index is 11.9. The molecule has 0 aliphatic carbocycles. The van der Waals surface area contributed by atoms with Crippen molar-refractivity contribution in [1.29, 1.82) is 0 Å². The Bertz CT molecular complexity index is 583. The van der Waals surface area contributed by atoms with Gasteiger partial charge in [-0.25, -0.2) is 4.79 Å². The normalized spacial score (nSPS) is 19.4. The molecule has 124 valence electrons. The van der Waals surface area contributed by atoms with Crippen molar-refractivity contribution in [2.24, 2.45) is 5.16 Å². The minimum absolute atomic E-state index is 0.262. The molecule has 1 aromatic carbocycles. The van der Waals surface area contributed by atoms with Crippen LogP contribution in [0.1, 0.15) is 30.9 Å². The van der Waals surface area contributed by atoms with Crippen molar-refractivity contribution in [2.45, 2.75) is 31.1 Å². The highest BCUT2D eigenvalue weighted by Crippen LogP contribution is 2.23. The number of hydrogen-bond acceptors (Lipinski definition) is 5. The summed E-state index contributed by atoms with van der Waals surface area (Å²) in [6, 6.07) is 7.84. The second-order valence-electron chi connectivity index (χ2n) is 5.27. The second-order valence-corrected chi connectivity index (χ2v) is 6.84. The summed E-state index contributed by atoms with van der Waals surface area (Å²) in [5.74, 6) is -0.444. The number of carbonyl (C=O) groups is 1. The minimum atomic E-state index is -1.31. The molecule has 5 nitrogen and oxygen atoms in total. The number of carbonyl (C=O) groups excluding carboxylic acids is 1. The summed E-state index contributed by atoms with van der Waals surface area (Å²) in [6.45, 7) is 5.73. The fourth-order valence-electron chi connectivity index (χ4n) is 2.38. The Balaban J connectivity index is 1.97. The van der Waals surface area contributed by atoms with Crippen molar-refractivity contribution in [1.82, 2.24) is 0 Å². The zero-order valence-electron chi connectivity index (χ0n) is 13.4. The van der Waals surface area contributed by atoms with Gasteiger partial charge >= 0.3 is 5.97 Å². The molecule has 1 aliphatic rings. The number of benzene rings is 1. The molecule has 0 spiro atoms. The van der Waals surface area contributed by atoms with Gasteiger partial charge in [-0.15, -0.1) is 0 Å². The Kier molecular flexibility index (Phi) is 6.24. The summed E-state index contributed by atoms with van der Waals surface area (Å²) in [5, 5.41) is 3.42. The van der Waals surface area contributed by atoms with Gasteiger partial charge in [0.1, 0.15) is 6.10 Å². The van der Waals surface area contributed by atoms with Gasteiger partial charge in [0.05, 0.1) is 18.6 Å². The average molecular weight is 335 g/mol. The third kappa shape index (κ3) is 4.59. The van der Waals surface area contributed by atoms with E-state index in [9.17, 15) is 9.35 Å². The van der Waals surface area contributed by atoms with E-state index in [4.69, 9.17) is 9.57 Å². The molecule has 1 aromatic rings. The Hall–Kier alpha value is -1.79. The molecule has 0 bridgehead atoms. The SMILES string of the molecule is C=Cc1ccc(C2=NOC(CC(C(=O)OCC)[S+](C)[O-])C2)cc1. The smallest absolute Gasteiger partial charge is 0.359 e. The summed E-state index contributed by atoms with van der Waals surface area (Å²) in [6.07, 6.45) is 3.94. The zero-order valence-corrected chi connectivity index (χ0v) is 14.2. The lowest BCUT2D eigenvalue weighted by atomic mass is 10.0. The van der Waals surface area contributed by atoms with E-state index < -0.39 is 22.4 Å². The van der Waals surface area contributed by atoms with E-state index >= 15 is 0 Å². The van der Waals surface area contributed by atoms with Crippen LogP contribution in [-0.2, 0) is 25.5 Å². The monoisotopic (exact) mass is 335 g/mol. The standard InChI is InChI=1S/C17H21NO4S/c1-4-12-6-8-13(9-7-12)15-10-14(22-18-15)11-16(23(3)20)17(19)21-5-2/h4,6-9,14,16H,1,5,10-11H2,2-3H3. The van der Waals surface area contributed by atoms with E-state index in [1.807, 2.05) is 24.3 Å². The molecule has 1 heterocycles. The molecule has 0 radical (unpaired) electrons. The van der Waals surface area contributed by atoms with Gasteiger partial charge in [-0.05, 0) is 29.2 Å². The predicted octanol–water partition coefficient (Wildman–Crippen LogP) is 2.52. The largest absolute Gasteiger partial charge is 0.616 e. The van der Waals surface area contributed by atoms with Gasteiger partial charge in [-0.3, -0.25) is 0 Å². The van der Waals surface area contributed by atoms with Crippen LogP contribution in [0.4, 0.5) is 0 Å². The van der Waals surface area contributed by atoms with E-state index in [0.717, 1.165) is 16.8 Å². The van der Waals surface area contributed by atoms with Gasteiger partial charge < -0.3 is 14.1 Å². The van der Waals surface area contributed by atoms with E-state index in [1.165, 1.54) is 6.26 Å². The molecule has 0 saturated carbocycles. The van der Waals surface area contributed by atoms with Gasteiger partial charge in [-0.2, -0.15) is 0 Å². The van der Waals surface area contributed by atoms with Crippen molar-refractivity contribution in [3.05, 3.63) is 42.0 Å². The third-order valence-corrected chi connectivity index (χ3v) is 4.83. The molecule has 6 heteroatoms. The van der Waals surface area contributed by atoms with Crippen LogP contribution in [0, 0.1) is 0 Å². The predicted molar refractivity (Wildman–Crippen MR) is 91.7 cm³/mol. The summed E-state index contributed by atoms with van der Waals surface area (Å²) in [5.41, 5.74) is 2.84. The fraction of sp³-hybridized carbons (Fsp3) is 0.412. The quantitative estimate of drug-likeness (QED) is 0.567. The molecular formula is C17H21NO4S. The van der Waals surface area contributed by atoms with E-state index in [-0.39, 0.29) is 12.7 Å². The van der Waals surface area contributed by atoms with Crippen molar-refractivity contribution in [2.75, 3.05) is 12.9 Å². The lowest BCUT2D eigenvalue weighted by Crippen LogP contribution is -2.35. The molecule has 23 heavy (non-hydrogen) atoms. The van der Waals surface area contributed by atoms with Gasteiger partial charge in [0.2, 0.25) is 5.25 Å². The fourth-order valence-corrected chi connectivity index (χ4v) is 3.20. The Morgan fingerprint density at radius 3 is 2.83 bits per heavy atom. The number of esters is 1. The van der Waals surface area contributed by atoms with Crippen LogP contribution in [0.3, 0.4) is 0 Å². The van der Waals surface area contributed by atoms with Crippen LogP contribution < -0.4 is 0 Å². The number of nitrogens with zero attached hydrogens (tertiary/aromatic N) is 1. The molecule has 3 atom stereocenters. The lowest BCUT2D eigenvalue weighted by Gasteiger charge is -2.19. The molecule has 2 rings (SSSR count). The minimum Gasteiger partial charge on any atom is -0.616 e. The van der Waals surface area contributed by atoms with Crippen molar-refractivity contribution < 1.29 is 18.9 Å².